The number of benzene rings is 1. The first-order chi connectivity index (χ1) is 8.49. The van der Waals surface area contributed by atoms with Crippen LogP contribution in [0.3, 0.4) is 0 Å². The Morgan fingerprint density at radius 3 is 2.50 bits per heavy atom. The highest BCUT2D eigenvalue weighted by atomic mass is 79.9. The number of hydrogen-bond donors (Lipinski definition) is 0. The Labute approximate surface area is 118 Å². The van der Waals surface area contributed by atoms with E-state index in [0.717, 1.165) is 23.2 Å². The fraction of sp³-hybridized carbons (Fsp3) is 0.500. The molecule has 1 rings (SSSR count). The number of halogens is 1. The van der Waals surface area contributed by atoms with E-state index < -0.39 is 0 Å². The van der Waals surface area contributed by atoms with Gasteiger partial charge in [0.1, 0.15) is 6.07 Å². The van der Waals surface area contributed by atoms with Crippen molar-refractivity contribution in [2.24, 2.45) is 0 Å². The van der Waals surface area contributed by atoms with E-state index in [0.29, 0.717) is 11.6 Å². The highest BCUT2D eigenvalue weighted by molar-refractivity contribution is 9.10. The lowest BCUT2D eigenvalue weighted by Gasteiger charge is -2.32. The van der Waals surface area contributed by atoms with Gasteiger partial charge in [-0.25, -0.2) is 0 Å². The van der Waals surface area contributed by atoms with Gasteiger partial charge in [-0.15, -0.1) is 0 Å². The van der Waals surface area contributed by atoms with Gasteiger partial charge in [0.25, 0.3) is 0 Å². The van der Waals surface area contributed by atoms with E-state index in [9.17, 15) is 0 Å². The van der Waals surface area contributed by atoms with Crippen LogP contribution in [-0.2, 0) is 0 Å². The monoisotopic (exact) mass is 309 g/mol. The SMILES string of the molecule is CCN(c1ccc(C#N)c(Br)c1)C(C)CN(C)C. The van der Waals surface area contributed by atoms with E-state index in [4.69, 9.17) is 5.26 Å². The Morgan fingerprint density at radius 2 is 2.06 bits per heavy atom. The molecule has 4 heteroatoms. The molecule has 0 fully saturated rings. The molecule has 0 bridgehead atoms. The van der Waals surface area contributed by atoms with Crippen LogP contribution in [0.1, 0.15) is 19.4 Å². The minimum Gasteiger partial charge on any atom is -0.368 e. The number of nitrogens with zero attached hydrogens (tertiary/aromatic N) is 3. The van der Waals surface area contributed by atoms with Crippen LogP contribution in [0.4, 0.5) is 5.69 Å². The summed E-state index contributed by atoms with van der Waals surface area (Å²) in [6.45, 7) is 6.33. The van der Waals surface area contributed by atoms with Gasteiger partial charge in [-0.05, 0) is 62.1 Å². The Kier molecular flexibility index (Phi) is 5.64. The van der Waals surface area contributed by atoms with Crippen molar-refractivity contribution in [1.29, 1.82) is 5.26 Å². The highest BCUT2D eigenvalue weighted by Gasteiger charge is 2.14. The second-order valence-electron chi connectivity index (χ2n) is 4.67. The molecule has 0 radical (unpaired) electrons. The van der Waals surface area contributed by atoms with Crippen molar-refractivity contribution < 1.29 is 0 Å². The minimum absolute atomic E-state index is 0.435. The molecule has 0 aromatic heterocycles. The molecule has 0 aliphatic heterocycles. The molecule has 0 amide bonds. The van der Waals surface area contributed by atoms with Crippen molar-refractivity contribution in [3.63, 3.8) is 0 Å². The topological polar surface area (TPSA) is 30.3 Å². The summed E-state index contributed by atoms with van der Waals surface area (Å²) >= 11 is 3.45. The zero-order valence-electron chi connectivity index (χ0n) is 11.4. The average molecular weight is 310 g/mol. The summed E-state index contributed by atoms with van der Waals surface area (Å²) in [5.41, 5.74) is 1.83. The predicted octanol–water partition coefficient (Wildman–Crippen LogP) is 3.10. The standard InChI is InChI=1S/C14H20BrN3/c1-5-18(11(2)10-17(3)4)13-7-6-12(9-16)14(15)8-13/h6-8,11H,5,10H2,1-4H3. The summed E-state index contributed by atoms with van der Waals surface area (Å²) in [5.74, 6) is 0. The Bertz CT molecular complexity index is 437. The van der Waals surface area contributed by atoms with Crippen LogP contribution in [0.2, 0.25) is 0 Å². The van der Waals surface area contributed by atoms with Crippen LogP contribution < -0.4 is 4.90 Å². The van der Waals surface area contributed by atoms with Crippen molar-refractivity contribution in [1.82, 2.24) is 4.90 Å². The van der Waals surface area contributed by atoms with Crippen molar-refractivity contribution >= 4 is 21.6 Å². The van der Waals surface area contributed by atoms with Gasteiger partial charge < -0.3 is 9.80 Å². The fourth-order valence-electron chi connectivity index (χ4n) is 2.15. The molecule has 0 N–H and O–H groups in total. The largest absolute Gasteiger partial charge is 0.368 e. The molecule has 0 spiro atoms. The molecular formula is C14H20BrN3. The second kappa shape index (κ2) is 6.77. The van der Waals surface area contributed by atoms with E-state index in [1.807, 2.05) is 18.2 Å². The summed E-state index contributed by atoms with van der Waals surface area (Å²) in [7, 11) is 4.16. The van der Waals surface area contributed by atoms with Gasteiger partial charge in [-0.1, -0.05) is 0 Å². The van der Waals surface area contributed by atoms with Crippen LogP contribution in [0.5, 0.6) is 0 Å². The van der Waals surface area contributed by atoms with Crippen LogP contribution in [0, 0.1) is 11.3 Å². The number of likely N-dealkylation sites (N-methyl/N-ethyl adjacent to an activating group) is 2. The summed E-state index contributed by atoms with van der Waals surface area (Å²) < 4.78 is 0.859. The van der Waals surface area contributed by atoms with E-state index in [1.54, 1.807) is 0 Å². The molecule has 1 aromatic carbocycles. The number of anilines is 1. The van der Waals surface area contributed by atoms with Gasteiger partial charge in [0.15, 0.2) is 0 Å². The van der Waals surface area contributed by atoms with Gasteiger partial charge in [-0.3, -0.25) is 0 Å². The maximum absolute atomic E-state index is 8.93. The molecule has 0 aliphatic rings. The van der Waals surface area contributed by atoms with E-state index in [2.05, 4.69) is 59.7 Å². The first-order valence-corrected chi connectivity index (χ1v) is 6.90. The third-order valence-electron chi connectivity index (χ3n) is 2.91. The van der Waals surface area contributed by atoms with Crippen LogP contribution in [-0.4, -0.2) is 38.1 Å². The summed E-state index contributed by atoms with van der Waals surface area (Å²) in [6, 6.07) is 8.50. The lowest BCUT2D eigenvalue weighted by Crippen LogP contribution is -2.40. The lowest BCUT2D eigenvalue weighted by molar-refractivity contribution is 0.373. The zero-order chi connectivity index (χ0) is 13.7. The van der Waals surface area contributed by atoms with E-state index in [1.165, 1.54) is 0 Å². The van der Waals surface area contributed by atoms with Gasteiger partial charge in [-0.2, -0.15) is 5.26 Å². The smallest absolute Gasteiger partial charge is 0.100 e. The predicted molar refractivity (Wildman–Crippen MR) is 79.9 cm³/mol. The average Bonchev–Trinajstić information content (AvgIpc) is 2.29. The van der Waals surface area contributed by atoms with Crippen LogP contribution in [0.25, 0.3) is 0 Å². The van der Waals surface area contributed by atoms with Gasteiger partial charge >= 0.3 is 0 Å². The number of rotatable bonds is 5. The van der Waals surface area contributed by atoms with Crippen molar-refractivity contribution in [2.75, 3.05) is 32.1 Å². The normalized spacial score (nSPS) is 12.3. The molecule has 3 nitrogen and oxygen atoms in total. The van der Waals surface area contributed by atoms with E-state index in [-0.39, 0.29) is 0 Å². The molecule has 1 unspecified atom stereocenters. The molecule has 1 aromatic rings. The molecule has 0 saturated heterocycles. The Balaban J connectivity index is 2.95. The Morgan fingerprint density at radius 1 is 1.39 bits per heavy atom. The molecule has 0 aliphatic carbocycles. The first kappa shape index (κ1) is 15.0. The highest BCUT2D eigenvalue weighted by Crippen LogP contribution is 2.25. The summed E-state index contributed by atoms with van der Waals surface area (Å²) in [6.07, 6.45) is 0. The first-order valence-electron chi connectivity index (χ1n) is 6.10. The molecular weight excluding hydrogens is 290 g/mol. The summed E-state index contributed by atoms with van der Waals surface area (Å²) in [5, 5.41) is 8.93. The molecule has 0 saturated carbocycles. The maximum atomic E-state index is 8.93. The van der Waals surface area contributed by atoms with Crippen LogP contribution in [0.15, 0.2) is 22.7 Å². The van der Waals surface area contributed by atoms with Gasteiger partial charge in [0, 0.05) is 29.3 Å². The summed E-state index contributed by atoms with van der Waals surface area (Å²) in [4.78, 5) is 4.53. The van der Waals surface area contributed by atoms with Gasteiger partial charge in [0.2, 0.25) is 0 Å². The second-order valence-corrected chi connectivity index (χ2v) is 5.53. The Hall–Kier alpha value is -1.05. The third-order valence-corrected chi connectivity index (χ3v) is 3.56. The lowest BCUT2D eigenvalue weighted by atomic mass is 10.1. The van der Waals surface area contributed by atoms with E-state index >= 15 is 0 Å². The van der Waals surface area contributed by atoms with Crippen molar-refractivity contribution in [3.8, 4) is 6.07 Å². The fourth-order valence-corrected chi connectivity index (χ4v) is 2.60. The van der Waals surface area contributed by atoms with Crippen molar-refractivity contribution in [3.05, 3.63) is 28.2 Å². The number of nitriles is 1. The van der Waals surface area contributed by atoms with Crippen LogP contribution >= 0.6 is 15.9 Å². The maximum Gasteiger partial charge on any atom is 0.100 e. The third kappa shape index (κ3) is 3.72. The molecule has 0 heterocycles. The van der Waals surface area contributed by atoms with Gasteiger partial charge in [0.05, 0.1) is 5.56 Å². The molecule has 1 atom stereocenters. The zero-order valence-corrected chi connectivity index (χ0v) is 13.0. The molecule has 18 heavy (non-hydrogen) atoms. The quantitative estimate of drug-likeness (QED) is 0.837. The molecule has 98 valence electrons. The number of hydrogen-bond acceptors (Lipinski definition) is 3. The van der Waals surface area contributed by atoms with Crippen molar-refractivity contribution in [2.45, 2.75) is 19.9 Å². The minimum atomic E-state index is 0.435.